The number of nitrogen functional groups attached to an aromatic ring is 1. The van der Waals surface area contributed by atoms with E-state index in [0.29, 0.717) is 37.8 Å². The highest BCUT2D eigenvalue weighted by Crippen LogP contribution is 2.33. The first kappa shape index (κ1) is 26.8. The fraction of sp³-hybridized carbons (Fsp3) is 0.519. The average Bonchev–Trinajstić information content (AvgIpc) is 3.45. The monoisotopic (exact) mass is 515 g/mol. The van der Waals surface area contributed by atoms with Crippen molar-refractivity contribution in [1.82, 2.24) is 9.62 Å². The molecule has 5 atom stereocenters. The van der Waals surface area contributed by atoms with Gasteiger partial charge in [-0.2, -0.15) is 0 Å². The molecule has 0 aliphatic carbocycles. The third-order valence-electron chi connectivity index (χ3n) is 6.38. The van der Waals surface area contributed by atoms with Crippen molar-refractivity contribution in [2.24, 2.45) is 11.8 Å². The first-order valence-corrected chi connectivity index (χ1v) is 13.4. The van der Waals surface area contributed by atoms with E-state index in [4.69, 9.17) is 19.9 Å². The van der Waals surface area contributed by atoms with E-state index in [1.54, 1.807) is 11.9 Å². The van der Waals surface area contributed by atoms with Crippen LogP contribution in [0.1, 0.15) is 25.8 Å². The molecular weight excluding hydrogens is 478 g/mol. The van der Waals surface area contributed by atoms with Crippen LogP contribution in [-0.2, 0) is 20.6 Å². The lowest BCUT2D eigenvalue weighted by molar-refractivity contribution is -0.0907. The Bertz CT molecular complexity index is 962. The van der Waals surface area contributed by atoms with Crippen molar-refractivity contribution in [2.45, 2.75) is 56.1 Å². The molecule has 2 aromatic rings. The molecule has 2 heterocycles. The molecule has 2 fully saturated rings. The van der Waals surface area contributed by atoms with Crippen molar-refractivity contribution >= 4 is 23.7 Å². The van der Waals surface area contributed by atoms with Crippen molar-refractivity contribution < 1.29 is 24.1 Å². The average molecular weight is 516 g/mol. The number of hydrogen-bond acceptors (Lipinski definition) is 8. The van der Waals surface area contributed by atoms with Crippen LogP contribution in [0.15, 0.2) is 59.5 Å². The summed E-state index contributed by atoms with van der Waals surface area (Å²) in [5, 5.41) is 14.3. The maximum Gasteiger partial charge on any atom is 0.407 e. The molecule has 4 N–H and O–H groups in total. The number of amides is 1. The van der Waals surface area contributed by atoms with Gasteiger partial charge in [-0.05, 0) is 60.5 Å². The van der Waals surface area contributed by atoms with Crippen LogP contribution in [0.4, 0.5) is 10.5 Å². The summed E-state index contributed by atoms with van der Waals surface area (Å²) in [5.74, 6) is 0.457. The van der Waals surface area contributed by atoms with Gasteiger partial charge in [-0.25, -0.2) is 9.10 Å². The van der Waals surface area contributed by atoms with Gasteiger partial charge in [-0.1, -0.05) is 44.2 Å². The molecular formula is C27H37N3O5S. The lowest BCUT2D eigenvalue weighted by atomic mass is 10.0. The molecule has 0 radical (unpaired) electrons. The Balaban J connectivity index is 1.42. The molecule has 9 heteroatoms. The molecule has 196 valence electrons. The van der Waals surface area contributed by atoms with Crippen LogP contribution >= 0.6 is 11.9 Å². The van der Waals surface area contributed by atoms with Crippen molar-refractivity contribution in [1.29, 1.82) is 0 Å². The number of rotatable bonds is 11. The summed E-state index contributed by atoms with van der Waals surface area (Å²) in [6, 6.07) is 17.0. The number of nitrogens with one attached hydrogen (secondary N) is 1. The van der Waals surface area contributed by atoms with E-state index in [1.807, 2.05) is 54.6 Å². The Morgan fingerprint density at radius 2 is 1.92 bits per heavy atom. The number of carbonyl (C=O) groups excluding carboxylic acids is 1. The van der Waals surface area contributed by atoms with Crippen LogP contribution in [-0.4, -0.2) is 66.3 Å². The molecule has 0 aromatic heterocycles. The van der Waals surface area contributed by atoms with Crippen LogP contribution in [0.2, 0.25) is 0 Å². The van der Waals surface area contributed by atoms with Gasteiger partial charge in [0.25, 0.3) is 0 Å². The smallest absolute Gasteiger partial charge is 0.407 e. The number of nitrogens with zero attached hydrogens (tertiary/aromatic N) is 1. The Morgan fingerprint density at radius 3 is 2.64 bits per heavy atom. The first-order valence-electron chi connectivity index (χ1n) is 12.6. The molecule has 0 saturated carbocycles. The number of carbonyl (C=O) groups is 1. The summed E-state index contributed by atoms with van der Waals surface area (Å²) in [5.41, 5.74) is 7.57. The molecule has 4 rings (SSSR count). The number of benzene rings is 2. The van der Waals surface area contributed by atoms with Crippen LogP contribution in [0.25, 0.3) is 0 Å². The Morgan fingerprint density at radius 1 is 1.17 bits per heavy atom. The van der Waals surface area contributed by atoms with Crippen molar-refractivity contribution in [2.75, 3.05) is 32.0 Å². The van der Waals surface area contributed by atoms with E-state index in [9.17, 15) is 9.90 Å². The lowest BCUT2D eigenvalue weighted by Crippen LogP contribution is -2.50. The third kappa shape index (κ3) is 7.60. The van der Waals surface area contributed by atoms with Gasteiger partial charge in [0, 0.05) is 23.7 Å². The minimum absolute atomic E-state index is 0.0612. The Hall–Kier alpha value is -2.30. The van der Waals surface area contributed by atoms with Crippen molar-refractivity contribution in [3.8, 4) is 0 Å². The largest absolute Gasteiger partial charge is 0.443 e. The third-order valence-corrected chi connectivity index (χ3v) is 7.42. The van der Waals surface area contributed by atoms with E-state index in [0.717, 1.165) is 23.4 Å². The van der Waals surface area contributed by atoms with E-state index >= 15 is 0 Å². The van der Waals surface area contributed by atoms with Crippen molar-refractivity contribution in [3.63, 3.8) is 0 Å². The van der Waals surface area contributed by atoms with Crippen LogP contribution < -0.4 is 11.1 Å². The van der Waals surface area contributed by atoms with E-state index in [2.05, 4.69) is 23.5 Å². The number of anilines is 1. The number of aliphatic hydroxyl groups is 1. The lowest BCUT2D eigenvalue weighted by Gasteiger charge is -2.30. The Labute approximate surface area is 217 Å². The second kappa shape index (κ2) is 12.8. The molecule has 1 amide bonds. The summed E-state index contributed by atoms with van der Waals surface area (Å²) in [4.78, 5) is 13.9. The number of nitrogens with two attached hydrogens (primary N) is 1. The summed E-state index contributed by atoms with van der Waals surface area (Å²) in [6.45, 7) is 6.37. The maximum absolute atomic E-state index is 12.9. The topological polar surface area (TPSA) is 106 Å². The molecule has 0 bridgehead atoms. The van der Waals surface area contributed by atoms with E-state index < -0.39 is 18.2 Å². The van der Waals surface area contributed by atoms with Gasteiger partial charge in [0.05, 0.1) is 31.3 Å². The minimum Gasteiger partial charge on any atom is -0.443 e. The number of alkyl carbamates (subject to hydrolysis) is 1. The molecule has 2 saturated heterocycles. The highest BCUT2D eigenvalue weighted by Gasteiger charge is 2.44. The predicted molar refractivity (Wildman–Crippen MR) is 140 cm³/mol. The standard InChI is InChI=1S/C27H37N3O5S/c1-18(2)15-30(36-21-10-8-20(28)9-11-21)16-24(31)23(14-19-6-4-3-5-7-19)29-27(32)35-25-17-34-26-22(25)12-13-33-26/h3-11,18,22-26,31H,12-17,28H2,1-2H3,(H,29,32)/t22?,23-,24+,25-,26+/m0/s1. The molecule has 0 spiro atoms. The Kier molecular flexibility index (Phi) is 9.50. The number of hydrogen-bond donors (Lipinski definition) is 3. The quantitative estimate of drug-likeness (QED) is 0.307. The number of fused-ring (bicyclic) bond motifs is 1. The summed E-state index contributed by atoms with van der Waals surface area (Å²) in [6.07, 6.45) is -0.701. The maximum atomic E-state index is 12.9. The number of ether oxygens (including phenoxy) is 3. The van der Waals surface area contributed by atoms with Gasteiger partial charge in [-0.15, -0.1) is 0 Å². The van der Waals surface area contributed by atoms with Crippen LogP contribution in [0, 0.1) is 11.8 Å². The highest BCUT2D eigenvalue weighted by atomic mass is 32.2. The van der Waals surface area contributed by atoms with Gasteiger partial charge in [0.1, 0.15) is 6.10 Å². The second-order valence-corrected chi connectivity index (χ2v) is 11.0. The number of aliphatic hydroxyl groups excluding tert-OH is 1. The molecule has 2 aromatic carbocycles. The zero-order chi connectivity index (χ0) is 25.5. The molecule has 2 aliphatic heterocycles. The predicted octanol–water partition coefficient (Wildman–Crippen LogP) is 3.69. The highest BCUT2D eigenvalue weighted by molar-refractivity contribution is 7.97. The summed E-state index contributed by atoms with van der Waals surface area (Å²) >= 11 is 1.58. The molecule has 36 heavy (non-hydrogen) atoms. The summed E-state index contributed by atoms with van der Waals surface area (Å²) in [7, 11) is 0. The molecule has 8 nitrogen and oxygen atoms in total. The van der Waals surface area contributed by atoms with Gasteiger partial charge in [0.15, 0.2) is 6.29 Å². The van der Waals surface area contributed by atoms with Gasteiger partial charge in [0.2, 0.25) is 0 Å². The molecule has 1 unspecified atom stereocenters. The fourth-order valence-electron chi connectivity index (χ4n) is 4.59. The first-order chi connectivity index (χ1) is 17.4. The SMILES string of the molecule is CC(C)CN(C[C@@H](O)[C@H](Cc1ccccc1)NC(=O)O[C@H]1CO[C@H]2OCCC21)Sc1ccc(N)cc1. The van der Waals surface area contributed by atoms with Crippen LogP contribution in [0.5, 0.6) is 0 Å². The normalized spacial score (nSPS) is 23.0. The molecule has 2 aliphatic rings. The minimum atomic E-state index is -0.819. The van der Waals surface area contributed by atoms with E-state index in [1.165, 1.54) is 0 Å². The van der Waals surface area contributed by atoms with Crippen LogP contribution in [0.3, 0.4) is 0 Å². The second-order valence-electron chi connectivity index (χ2n) is 9.88. The van der Waals surface area contributed by atoms with Gasteiger partial charge >= 0.3 is 6.09 Å². The van der Waals surface area contributed by atoms with E-state index in [-0.39, 0.29) is 18.3 Å². The van der Waals surface area contributed by atoms with Crippen molar-refractivity contribution in [3.05, 3.63) is 60.2 Å². The summed E-state index contributed by atoms with van der Waals surface area (Å²) < 4.78 is 19.0. The van der Waals surface area contributed by atoms with Gasteiger partial charge in [-0.3, -0.25) is 0 Å². The fourth-order valence-corrected chi connectivity index (χ4v) is 5.75. The van der Waals surface area contributed by atoms with Gasteiger partial charge < -0.3 is 30.4 Å². The zero-order valence-electron chi connectivity index (χ0n) is 20.9. The zero-order valence-corrected chi connectivity index (χ0v) is 21.7.